The van der Waals surface area contributed by atoms with Crippen molar-refractivity contribution in [1.82, 2.24) is 10.6 Å². The van der Waals surface area contributed by atoms with E-state index in [1.54, 1.807) is 6.07 Å². The Morgan fingerprint density at radius 2 is 1.26 bits per heavy atom. The van der Waals surface area contributed by atoms with Gasteiger partial charge in [-0.05, 0) is 31.0 Å². The van der Waals surface area contributed by atoms with E-state index in [2.05, 4.69) is 34.4 Å². The molecule has 5 N–H and O–H groups in total. The fraction of sp³-hybridized carbons (Fsp3) is 0.381. The Labute approximate surface area is 181 Å². The van der Waals surface area contributed by atoms with Crippen molar-refractivity contribution in [2.24, 2.45) is 0 Å². The van der Waals surface area contributed by atoms with Crippen LogP contribution in [0.2, 0.25) is 0 Å². The highest BCUT2D eigenvalue weighted by atomic mass is 16.6. The SMILES string of the molecule is C=CCOC(=O)NCCCNc1cc(NCCCNC(=O)OCC=C)cc(C(=O)O)c1. The van der Waals surface area contributed by atoms with Gasteiger partial charge in [0.25, 0.3) is 0 Å². The van der Waals surface area contributed by atoms with E-state index in [9.17, 15) is 19.5 Å². The van der Waals surface area contributed by atoms with Crippen molar-refractivity contribution in [3.05, 3.63) is 49.1 Å². The second-order valence-electron chi connectivity index (χ2n) is 6.29. The Hall–Kier alpha value is -3.69. The third kappa shape index (κ3) is 11.8. The molecule has 0 aliphatic carbocycles. The third-order valence-corrected chi connectivity index (χ3v) is 3.75. The molecular weight excluding hydrogens is 404 g/mol. The summed E-state index contributed by atoms with van der Waals surface area (Å²) in [6, 6.07) is 4.87. The molecule has 0 heterocycles. The summed E-state index contributed by atoms with van der Waals surface area (Å²) in [5.74, 6) is -1.04. The van der Waals surface area contributed by atoms with Gasteiger partial charge in [-0.15, -0.1) is 0 Å². The molecule has 0 bridgehead atoms. The first-order valence-corrected chi connectivity index (χ1v) is 9.85. The van der Waals surface area contributed by atoms with Crippen molar-refractivity contribution in [2.75, 3.05) is 50.0 Å². The Kier molecular flexibility index (Phi) is 12.4. The minimum absolute atomic E-state index is 0.143. The number of alkyl carbamates (subject to hydrolysis) is 2. The number of carboxylic acid groups (broad SMARTS) is 1. The first-order chi connectivity index (χ1) is 15.0. The van der Waals surface area contributed by atoms with Gasteiger partial charge in [-0.2, -0.15) is 0 Å². The lowest BCUT2D eigenvalue weighted by Crippen LogP contribution is -2.26. The Bertz CT molecular complexity index is 701. The van der Waals surface area contributed by atoms with Crippen LogP contribution in [0.25, 0.3) is 0 Å². The van der Waals surface area contributed by atoms with Crippen LogP contribution in [0.15, 0.2) is 43.5 Å². The standard InChI is InChI=1S/C21H30N4O6/c1-3-11-30-20(28)24-9-5-7-22-17-13-16(19(26)27)14-18(15-17)23-8-6-10-25-21(29)31-12-4-2/h3-4,13-15,22-23H,1-2,5-12H2,(H,24,28)(H,25,29)(H,26,27). The molecule has 1 aromatic rings. The largest absolute Gasteiger partial charge is 0.478 e. The molecule has 10 nitrogen and oxygen atoms in total. The third-order valence-electron chi connectivity index (χ3n) is 3.75. The molecule has 0 aliphatic heterocycles. The molecule has 0 atom stereocenters. The number of aromatic carboxylic acids is 1. The first-order valence-electron chi connectivity index (χ1n) is 9.85. The summed E-state index contributed by atoms with van der Waals surface area (Å²) in [5.41, 5.74) is 1.43. The maximum Gasteiger partial charge on any atom is 0.407 e. The summed E-state index contributed by atoms with van der Waals surface area (Å²) in [4.78, 5) is 34.0. The van der Waals surface area contributed by atoms with Gasteiger partial charge in [0.1, 0.15) is 13.2 Å². The van der Waals surface area contributed by atoms with Crippen LogP contribution in [0.1, 0.15) is 23.2 Å². The summed E-state index contributed by atoms with van der Waals surface area (Å²) in [7, 11) is 0. The van der Waals surface area contributed by atoms with Crippen molar-refractivity contribution in [1.29, 1.82) is 0 Å². The van der Waals surface area contributed by atoms with Gasteiger partial charge in [-0.1, -0.05) is 25.3 Å². The van der Waals surface area contributed by atoms with Crippen LogP contribution in [-0.4, -0.2) is 62.7 Å². The van der Waals surface area contributed by atoms with E-state index in [-0.39, 0.29) is 18.8 Å². The molecule has 2 amide bonds. The molecule has 0 saturated heterocycles. The van der Waals surface area contributed by atoms with E-state index in [1.807, 2.05) is 0 Å². The van der Waals surface area contributed by atoms with Crippen LogP contribution < -0.4 is 21.3 Å². The van der Waals surface area contributed by atoms with Crippen molar-refractivity contribution >= 4 is 29.5 Å². The van der Waals surface area contributed by atoms with Gasteiger partial charge in [0.2, 0.25) is 0 Å². The van der Waals surface area contributed by atoms with E-state index in [1.165, 1.54) is 24.3 Å². The molecule has 0 radical (unpaired) electrons. The Morgan fingerprint density at radius 1 is 0.806 bits per heavy atom. The summed E-state index contributed by atoms with van der Waals surface area (Å²) >= 11 is 0. The van der Waals surface area contributed by atoms with Crippen LogP contribution in [-0.2, 0) is 9.47 Å². The molecule has 170 valence electrons. The van der Waals surface area contributed by atoms with Crippen molar-refractivity contribution < 1.29 is 29.0 Å². The summed E-state index contributed by atoms with van der Waals surface area (Å²) in [5, 5.41) is 20.8. The summed E-state index contributed by atoms with van der Waals surface area (Å²) in [6.45, 7) is 9.10. The van der Waals surface area contributed by atoms with Crippen LogP contribution in [0, 0.1) is 0 Å². The van der Waals surface area contributed by atoms with Crippen LogP contribution >= 0.6 is 0 Å². The second kappa shape index (κ2) is 15.2. The zero-order valence-electron chi connectivity index (χ0n) is 17.4. The van der Waals surface area contributed by atoms with Gasteiger partial charge < -0.3 is 35.8 Å². The summed E-state index contributed by atoms with van der Waals surface area (Å²) < 4.78 is 9.61. The minimum atomic E-state index is -1.04. The van der Waals surface area contributed by atoms with Gasteiger partial charge in [-0.25, -0.2) is 14.4 Å². The molecule has 0 aliphatic rings. The number of hydrogen-bond donors (Lipinski definition) is 5. The van der Waals surface area contributed by atoms with Gasteiger partial charge in [0.05, 0.1) is 5.56 Å². The number of ether oxygens (including phenoxy) is 2. The lowest BCUT2D eigenvalue weighted by atomic mass is 10.1. The maximum absolute atomic E-state index is 11.4. The van der Waals surface area contributed by atoms with E-state index < -0.39 is 18.2 Å². The zero-order valence-corrected chi connectivity index (χ0v) is 17.4. The van der Waals surface area contributed by atoms with Crippen molar-refractivity contribution in [3.8, 4) is 0 Å². The number of carbonyl (C=O) groups excluding carboxylic acids is 2. The molecule has 0 fully saturated rings. The molecule has 10 heteroatoms. The maximum atomic E-state index is 11.4. The smallest absolute Gasteiger partial charge is 0.407 e. The molecule has 0 spiro atoms. The van der Waals surface area contributed by atoms with Gasteiger partial charge >= 0.3 is 18.2 Å². The van der Waals surface area contributed by atoms with Gasteiger partial charge in [-0.3, -0.25) is 0 Å². The number of amides is 2. The number of rotatable bonds is 15. The number of anilines is 2. The second-order valence-corrected chi connectivity index (χ2v) is 6.29. The lowest BCUT2D eigenvalue weighted by molar-refractivity contribution is 0.0696. The molecule has 1 aromatic carbocycles. The predicted molar refractivity (Wildman–Crippen MR) is 119 cm³/mol. The van der Waals surface area contributed by atoms with E-state index in [0.29, 0.717) is 50.4 Å². The van der Waals surface area contributed by atoms with Gasteiger partial charge in [0, 0.05) is 37.6 Å². The van der Waals surface area contributed by atoms with E-state index in [4.69, 9.17) is 9.47 Å². The molecule has 0 aromatic heterocycles. The average molecular weight is 434 g/mol. The molecule has 0 unspecified atom stereocenters. The molecule has 1 rings (SSSR count). The van der Waals surface area contributed by atoms with Crippen LogP contribution in [0.5, 0.6) is 0 Å². The predicted octanol–water partition coefficient (Wildman–Crippen LogP) is 2.81. The minimum Gasteiger partial charge on any atom is -0.478 e. The number of carbonyl (C=O) groups is 3. The number of benzene rings is 1. The van der Waals surface area contributed by atoms with Crippen molar-refractivity contribution in [2.45, 2.75) is 12.8 Å². The zero-order chi connectivity index (χ0) is 22.9. The lowest BCUT2D eigenvalue weighted by Gasteiger charge is -2.12. The number of nitrogens with one attached hydrogen (secondary N) is 4. The van der Waals surface area contributed by atoms with Gasteiger partial charge in [0.15, 0.2) is 0 Å². The number of carboxylic acids is 1. The molecule has 31 heavy (non-hydrogen) atoms. The van der Waals surface area contributed by atoms with E-state index in [0.717, 1.165) is 0 Å². The molecular formula is C21H30N4O6. The molecule has 0 saturated carbocycles. The highest BCUT2D eigenvalue weighted by molar-refractivity contribution is 5.90. The fourth-order valence-corrected chi connectivity index (χ4v) is 2.35. The first kappa shape index (κ1) is 25.3. The summed E-state index contributed by atoms with van der Waals surface area (Å²) in [6.07, 6.45) is 3.19. The van der Waals surface area contributed by atoms with Crippen LogP contribution in [0.3, 0.4) is 0 Å². The normalized spacial score (nSPS) is 9.81. The Balaban J connectivity index is 2.42. The Morgan fingerprint density at radius 3 is 1.65 bits per heavy atom. The number of hydrogen-bond acceptors (Lipinski definition) is 7. The quantitative estimate of drug-likeness (QED) is 0.210. The fourth-order valence-electron chi connectivity index (χ4n) is 2.35. The highest BCUT2D eigenvalue weighted by Crippen LogP contribution is 2.19. The van der Waals surface area contributed by atoms with Crippen LogP contribution in [0.4, 0.5) is 21.0 Å². The van der Waals surface area contributed by atoms with E-state index >= 15 is 0 Å². The topological polar surface area (TPSA) is 138 Å². The average Bonchev–Trinajstić information content (AvgIpc) is 2.75. The monoisotopic (exact) mass is 434 g/mol. The van der Waals surface area contributed by atoms with Crippen molar-refractivity contribution in [3.63, 3.8) is 0 Å². The highest BCUT2D eigenvalue weighted by Gasteiger charge is 2.07.